The second-order valence-electron chi connectivity index (χ2n) is 4.91. The first-order valence-electron chi connectivity index (χ1n) is 6.59. The molecule has 7 nitrogen and oxygen atoms in total. The fraction of sp³-hybridized carbons (Fsp3) is 0.286. The summed E-state index contributed by atoms with van der Waals surface area (Å²) in [6.45, 7) is 1.10. The highest BCUT2D eigenvalue weighted by Gasteiger charge is 2.24. The molecular formula is C14H14N4O3. The molecule has 1 amide bonds. The zero-order chi connectivity index (χ0) is 14.8. The van der Waals surface area contributed by atoms with Crippen molar-refractivity contribution >= 4 is 11.9 Å². The van der Waals surface area contributed by atoms with Crippen molar-refractivity contribution in [2.24, 2.45) is 0 Å². The monoisotopic (exact) mass is 286 g/mol. The summed E-state index contributed by atoms with van der Waals surface area (Å²) in [7, 11) is 0. The van der Waals surface area contributed by atoms with Crippen LogP contribution in [0.3, 0.4) is 0 Å². The SMILES string of the molecule is O=C(O)c1cccc2c1CCN(C(=O)Cn1cncn1)C2. The first-order chi connectivity index (χ1) is 10.1. The number of aromatic nitrogens is 3. The number of carboxylic acid groups (broad SMARTS) is 1. The second-order valence-corrected chi connectivity index (χ2v) is 4.91. The molecule has 0 unspecified atom stereocenters. The summed E-state index contributed by atoms with van der Waals surface area (Å²) in [4.78, 5) is 28.9. The molecule has 0 saturated heterocycles. The number of hydrogen-bond donors (Lipinski definition) is 1. The molecule has 0 fully saturated rings. The Morgan fingerprint density at radius 1 is 1.33 bits per heavy atom. The van der Waals surface area contributed by atoms with Gasteiger partial charge in [0.1, 0.15) is 19.2 Å². The molecular weight excluding hydrogens is 272 g/mol. The lowest BCUT2D eigenvalue weighted by molar-refractivity contribution is -0.133. The fourth-order valence-corrected chi connectivity index (χ4v) is 2.58. The van der Waals surface area contributed by atoms with Crippen LogP contribution >= 0.6 is 0 Å². The molecule has 1 aromatic carbocycles. The van der Waals surface area contributed by atoms with Gasteiger partial charge in [0.15, 0.2) is 0 Å². The van der Waals surface area contributed by atoms with Crippen LogP contribution in [-0.4, -0.2) is 43.2 Å². The molecule has 1 aliphatic heterocycles. The third kappa shape index (κ3) is 2.62. The lowest BCUT2D eigenvalue weighted by Gasteiger charge is -2.29. The lowest BCUT2D eigenvalue weighted by atomic mass is 9.94. The van der Waals surface area contributed by atoms with E-state index in [9.17, 15) is 14.7 Å². The summed E-state index contributed by atoms with van der Waals surface area (Å²) >= 11 is 0. The quantitative estimate of drug-likeness (QED) is 0.890. The summed E-state index contributed by atoms with van der Waals surface area (Å²) in [5.74, 6) is -0.971. The van der Waals surface area contributed by atoms with Crippen LogP contribution in [0.2, 0.25) is 0 Å². The maximum absolute atomic E-state index is 12.2. The summed E-state index contributed by atoms with van der Waals surface area (Å²) < 4.78 is 1.48. The van der Waals surface area contributed by atoms with Crippen molar-refractivity contribution in [1.29, 1.82) is 0 Å². The van der Waals surface area contributed by atoms with E-state index in [0.29, 0.717) is 25.1 Å². The number of benzene rings is 1. The summed E-state index contributed by atoms with van der Waals surface area (Å²) in [6.07, 6.45) is 3.44. The summed E-state index contributed by atoms with van der Waals surface area (Å²) in [5.41, 5.74) is 2.05. The number of nitrogens with zero attached hydrogens (tertiary/aromatic N) is 4. The first-order valence-corrected chi connectivity index (χ1v) is 6.59. The highest BCUT2D eigenvalue weighted by atomic mass is 16.4. The van der Waals surface area contributed by atoms with Gasteiger partial charge < -0.3 is 10.0 Å². The van der Waals surface area contributed by atoms with E-state index in [2.05, 4.69) is 10.1 Å². The molecule has 0 saturated carbocycles. The molecule has 2 aromatic rings. The Morgan fingerprint density at radius 2 is 2.19 bits per heavy atom. The van der Waals surface area contributed by atoms with Crippen LogP contribution in [-0.2, 0) is 24.3 Å². The maximum Gasteiger partial charge on any atom is 0.335 e. The number of carbonyl (C=O) groups excluding carboxylic acids is 1. The van der Waals surface area contributed by atoms with Crippen LogP contribution in [0.5, 0.6) is 0 Å². The van der Waals surface area contributed by atoms with Crippen LogP contribution in [0.25, 0.3) is 0 Å². The fourth-order valence-electron chi connectivity index (χ4n) is 2.58. The molecule has 0 spiro atoms. The van der Waals surface area contributed by atoms with Gasteiger partial charge in [0.25, 0.3) is 0 Å². The number of rotatable bonds is 3. The minimum Gasteiger partial charge on any atom is -0.478 e. The van der Waals surface area contributed by atoms with Crippen LogP contribution in [0.4, 0.5) is 0 Å². The minimum atomic E-state index is -0.922. The van der Waals surface area contributed by atoms with Gasteiger partial charge in [-0.15, -0.1) is 0 Å². The third-order valence-electron chi connectivity index (χ3n) is 3.61. The highest BCUT2D eigenvalue weighted by molar-refractivity contribution is 5.90. The standard InChI is InChI=1S/C14H14N4O3/c19-13(7-18-9-15-8-16-18)17-5-4-11-10(6-17)2-1-3-12(11)14(20)21/h1-3,8-9H,4-7H2,(H,20,21). The molecule has 0 radical (unpaired) electrons. The van der Waals surface area contributed by atoms with Crippen LogP contribution in [0.15, 0.2) is 30.9 Å². The summed E-state index contributed by atoms with van der Waals surface area (Å²) in [5, 5.41) is 13.1. The molecule has 0 bridgehead atoms. The van der Waals surface area contributed by atoms with Crippen molar-refractivity contribution in [2.75, 3.05) is 6.54 Å². The molecule has 3 rings (SSSR count). The van der Waals surface area contributed by atoms with Crippen LogP contribution < -0.4 is 0 Å². The average Bonchev–Trinajstić information content (AvgIpc) is 2.98. The average molecular weight is 286 g/mol. The smallest absolute Gasteiger partial charge is 0.335 e. The second kappa shape index (κ2) is 5.35. The van der Waals surface area contributed by atoms with Crippen molar-refractivity contribution < 1.29 is 14.7 Å². The van der Waals surface area contributed by atoms with E-state index < -0.39 is 5.97 Å². The van der Waals surface area contributed by atoms with Crippen molar-refractivity contribution in [2.45, 2.75) is 19.5 Å². The first kappa shape index (κ1) is 13.3. The Labute approximate surface area is 120 Å². The minimum absolute atomic E-state index is 0.0492. The number of carbonyl (C=O) groups is 2. The van der Waals surface area contributed by atoms with Gasteiger partial charge in [-0.05, 0) is 23.6 Å². The molecule has 0 atom stereocenters. The molecule has 1 aliphatic rings. The zero-order valence-electron chi connectivity index (χ0n) is 11.3. The van der Waals surface area contributed by atoms with Crippen molar-refractivity contribution in [3.05, 3.63) is 47.5 Å². The largest absolute Gasteiger partial charge is 0.478 e. The van der Waals surface area contributed by atoms with Gasteiger partial charge in [0.2, 0.25) is 5.91 Å². The Kier molecular flexibility index (Phi) is 3.39. The van der Waals surface area contributed by atoms with Gasteiger partial charge in [-0.2, -0.15) is 5.10 Å². The number of fused-ring (bicyclic) bond motifs is 1. The van der Waals surface area contributed by atoms with Gasteiger partial charge in [-0.25, -0.2) is 14.5 Å². The maximum atomic E-state index is 12.2. The Balaban J connectivity index is 1.77. The molecule has 1 N–H and O–H groups in total. The van der Waals surface area contributed by atoms with Crippen LogP contribution in [0.1, 0.15) is 21.5 Å². The van der Waals surface area contributed by atoms with Gasteiger partial charge in [-0.1, -0.05) is 12.1 Å². The van der Waals surface area contributed by atoms with E-state index in [1.54, 1.807) is 17.0 Å². The lowest BCUT2D eigenvalue weighted by Crippen LogP contribution is -2.38. The van der Waals surface area contributed by atoms with E-state index in [0.717, 1.165) is 11.1 Å². The van der Waals surface area contributed by atoms with Crippen molar-refractivity contribution in [3.63, 3.8) is 0 Å². The van der Waals surface area contributed by atoms with Crippen molar-refractivity contribution in [3.8, 4) is 0 Å². The van der Waals surface area contributed by atoms with Gasteiger partial charge in [-0.3, -0.25) is 4.79 Å². The highest BCUT2D eigenvalue weighted by Crippen LogP contribution is 2.22. The van der Waals surface area contributed by atoms with E-state index in [4.69, 9.17) is 0 Å². The van der Waals surface area contributed by atoms with Gasteiger partial charge >= 0.3 is 5.97 Å². The van der Waals surface area contributed by atoms with E-state index >= 15 is 0 Å². The number of amides is 1. The normalized spacial score (nSPS) is 13.8. The molecule has 7 heteroatoms. The Morgan fingerprint density at radius 3 is 2.90 bits per heavy atom. The Bertz CT molecular complexity index is 682. The molecule has 0 aliphatic carbocycles. The van der Waals surface area contributed by atoms with E-state index in [-0.39, 0.29) is 12.5 Å². The molecule has 1 aromatic heterocycles. The van der Waals surface area contributed by atoms with E-state index in [1.807, 2.05) is 6.07 Å². The zero-order valence-corrected chi connectivity index (χ0v) is 11.3. The number of carboxylic acids is 1. The Hall–Kier alpha value is -2.70. The molecule has 21 heavy (non-hydrogen) atoms. The predicted molar refractivity (Wildman–Crippen MR) is 72.5 cm³/mol. The van der Waals surface area contributed by atoms with Gasteiger partial charge in [0, 0.05) is 13.1 Å². The third-order valence-corrected chi connectivity index (χ3v) is 3.61. The topological polar surface area (TPSA) is 88.3 Å². The van der Waals surface area contributed by atoms with Gasteiger partial charge in [0.05, 0.1) is 5.56 Å². The number of hydrogen-bond acceptors (Lipinski definition) is 4. The summed E-state index contributed by atoms with van der Waals surface area (Å²) in [6, 6.07) is 5.19. The van der Waals surface area contributed by atoms with E-state index in [1.165, 1.54) is 17.3 Å². The molecule has 108 valence electrons. The van der Waals surface area contributed by atoms with Crippen LogP contribution in [0, 0.1) is 0 Å². The predicted octanol–water partition coefficient (Wildman–Crippen LogP) is 0.561. The number of aromatic carboxylic acids is 1. The van der Waals surface area contributed by atoms with Crippen molar-refractivity contribution in [1.82, 2.24) is 19.7 Å². The molecule has 2 heterocycles.